The van der Waals surface area contributed by atoms with E-state index < -0.39 is 0 Å². The summed E-state index contributed by atoms with van der Waals surface area (Å²) in [5, 5.41) is 12.6. The third-order valence-electron chi connectivity index (χ3n) is 19.7. The van der Waals surface area contributed by atoms with E-state index in [0.717, 1.165) is 28.1 Å². The summed E-state index contributed by atoms with van der Waals surface area (Å²) in [5.74, 6) is 0. The normalized spacial score (nSPS) is 11.7. The Labute approximate surface area is 563 Å². The summed E-state index contributed by atoms with van der Waals surface area (Å²) < 4.78 is 12.2. The van der Waals surface area contributed by atoms with E-state index in [9.17, 15) is 0 Å². The summed E-state index contributed by atoms with van der Waals surface area (Å²) >= 11 is 1.87. The van der Waals surface area contributed by atoms with Crippen molar-refractivity contribution in [2.75, 3.05) is 0 Å². The minimum atomic E-state index is 0.647. The quantitative estimate of drug-likeness (QED) is 0.135. The molecule has 0 saturated heterocycles. The summed E-state index contributed by atoms with van der Waals surface area (Å²) in [6, 6.07) is 125. The molecule has 15 aromatic carbocycles. The molecule has 0 N–H and O–H groups in total. The van der Waals surface area contributed by atoms with Gasteiger partial charge in [-0.15, -0.1) is 11.3 Å². The molecule has 97 heavy (non-hydrogen) atoms. The molecule has 6 heteroatoms. The van der Waals surface area contributed by atoms with Crippen LogP contribution in [0.5, 0.6) is 0 Å². The number of benzene rings is 15. The molecule has 0 saturated carbocycles. The molecule has 5 heterocycles. The SMILES string of the molecule is [C-]#[N+]c1ccc(-n2c3ccccc3c3cc(-c4ccc5c(c4)c4ccccc4n5-c4cccc5c4sc4ccccc45)ccc32)cc1.c1ccc(-c2ccc(-n3c4ccccc4c4cc(-c5ccc6c(c5)c5ccccc5n6-c5ccc(-c6ccccc6)cc5)ccc43)cc2)cc1. The minimum absolute atomic E-state index is 0.647. The Balaban J connectivity index is 0.000000137. The van der Waals surface area contributed by atoms with E-state index in [1.807, 2.05) is 35.6 Å². The number of nitrogens with zero attached hydrogens (tertiary/aromatic N) is 5. The monoisotopic (exact) mass is 1250 g/mol. The standard InChI is InChI=1S/C48H32N2.C43H25N3S/c1-3-11-33(12-4-1)35-19-25-39(26-20-35)49-45-17-9-7-15-41(45)43-31-37(23-29-47(43)49)38-24-30-48-44(32-38)42-16-8-10-18-46(42)50(48)40-27-21-36(22-28-40)34-13-5-2-6-14-34;1-44-29-19-21-30(22-20-29)45-37-13-5-2-9-31(37)35-25-27(17-23-39(35)45)28-18-24-40-36(26-28)32-10-3-6-14-38(32)46(40)41-15-8-12-34-33-11-4-7-16-42(33)47-43(34)41/h1-32H;2-26H. The van der Waals surface area contributed by atoms with Crippen molar-refractivity contribution >= 4 is 124 Å². The maximum atomic E-state index is 7.37. The van der Waals surface area contributed by atoms with Crippen LogP contribution in [0.3, 0.4) is 0 Å². The van der Waals surface area contributed by atoms with Crippen molar-refractivity contribution in [3.8, 4) is 67.3 Å². The van der Waals surface area contributed by atoms with E-state index in [4.69, 9.17) is 6.57 Å². The lowest BCUT2D eigenvalue weighted by Crippen LogP contribution is -1.94. The molecule has 0 fully saturated rings. The average molecular weight is 1250 g/mol. The zero-order valence-electron chi connectivity index (χ0n) is 52.6. The Kier molecular flexibility index (Phi) is 13.1. The summed E-state index contributed by atoms with van der Waals surface area (Å²) in [6.07, 6.45) is 0. The van der Waals surface area contributed by atoms with Crippen molar-refractivity contribution in [2.45, 2.75) is 0 Å². The van der Waals surface area contributed by atoms with Crippen molar-refractivity contribution in [2.24, 2.45) is 0 Å². The van der Waals surface area contributed by atoms with Gasteiger partial charge in [-0.1, -0.05) is 224 Å². The van der Waals surface area contributed by atoms with Gasteiger partial charge in [0, 0.05) is 75.6 Å². The van der Waals surface area contributed by atoms with Crippen LogP contribution in [0.4, 0.5) is 5.69 Å². The molecule has 5 nitrogen and oxygen atoms in total. The molecule has 20 rings (SSSR count). The van der Waals surface area contributed by atoms with E-state index in [2.05, 4.69) is 345 Å². The fraction of sp³-hybridized carbons (Fsp3) is 0. The molecule has 0 aliphatic carbocycles. The maximum Gasteiger partial charge on any atom is 0.187 e. The van der Waals surface area contributed by atoms with Crippen LogP contribution in [0.1, 0.15) is 0 Å². The lowest BCUT2D eigenvalue weighted by atomic mass is 10.0. The van der Waals surface area contributed by atoms with E-state index >= 15 is 0 Å². The van der Waals surface area contributed by atoms with Crippen molar-refractivity contribution in [3.05, 3.63) is 357 Å². The first-order valence-electron chi connectivity index (χ1n) is 32.9. The third-order valence-corrected chi connectivity index (χ3v) is 20.9. The van der Waals surface area contributed by atoms with Gasteiger partial charge in [0.05, 0.1) is 61.1 Å². The molecule has 0 unspecified atom stereocenters. The van der Waals surface area contributed by atoms with Gasteiger partial charge in [-0.05, 0) is 166 Å². The van der Waals surface area contributed by atoms with Gasteiger partial charge in [-0.25, -0.2) is 4.85 Å². The molecule has 20 aromatic rings. The second-order valence-electron chi connectivity index (χ2n) is 25.0. The first-order chi connectivity index (χ1) is 48.1. The molecule has 0 bridgehead atoms. The van der Waals surface area contributed by atoms with Crippen LogP contribution in [0, 0.1) is 6.57 Å². The zero-order chi connectivity index (χ0) is 64.1. The molecular formula is C91H57N5S. The molecule has 452 valence electrons. The lowest BCUT2D eigenvalue weighted by Gasteiger charge is -2.11. The summed E-state index contributed by atoms with van der Waals surface area (Å²) in [5.41, 5.74) is 24.5. The molecule has 0 amide bonds. The fourth-order valence-electron chi connectivity index (χ4n) is 15.2. The number of aromatic nitrogens is 4. The highest BCUT2D eigenvalue weighted by Gasteiger charge is 2.21. The first-order valence-corrected chi connectivity index (χ1v) is 33.7. The highest BCUT2D eigenvalue weighted by Crippen LogP contribution is 2.44. The Morgan fingerprint density at radius 2 is 0.515 bits per heavy atom. The van der Waals surface area contributed by atoms with Gasteiger partial charge >= 0.3 is 0 Å². The van der Waals surface area contributed by atoms with E-state index in [0.29, 0.717) is 5.69 Å². The minimum Gasteiger partial charge on any atom is -0.309 e. The summed E-state index contributed by atoms with van der Waals surface area (Å²) in [6.45, 7) is 7.37. The van der Waals surface area contributed by atoms with Gasteiger partial charge in [0.25, 0.3) is 0 Å². The Bertz CT molecular complexity index is 6340. The third kappa shape index (κ3) is 9.20. The molecule has 0 aliphatic rings. The highest BCUT2D eigenvalue weighted by atomic mass is 32.1. The van der Waals surface area contributed by atoms with Crippen LogP contribution in [-0.4, -0.2) is 18.3 Å². The average Bonchev–Trinajstić information content (AvgIpc) is 1.60. The van der Waals surface area contributed by atoms with Gasteiger partial charge in [0.15, 0.2) is 5.69 Å². The van der Waals surface area contributed by atoms with Gasteiger partial charge in [-0.2, -0.15) is 0 Å². The highest BCUT2D eigenvalue weighted by molar-refractivity contribution is 7.26. The topological polar surface area (TPSA) is 24.1 Å². The number of thiophene rings is 1. The molecule has 0 aliphatic heterocycles. The molecule has 0 radical (unpaired) electrons. The molecule has 0 spiro atoms. The van der Waals surface area contributed by atoms with Crippen molar-refractivity contribution in [3.63, 3.8) is 0 Å². The van der Waals surface area contributed by atoms with Crippen molar-refractivity contribution < 1.29 is 0 Å². The fourth-order valence-corrected chi connectivity index (χ4v) is 16.4. The van der Waals surface area contributed by atoms with Crippen LogP contribution in [-0.2, 0) is 0 Å². The molecular weight excluding hydrogens is 1200 g/mol. The summed E-state index contributed by atoms with van der Waals surface area (Å²) in [7, 11) is 0. The Morgan fingerprint density at radius 3 is 0.918 bits per heavy atom. The first kappa shape index (κ1) is 55.8. The van der Waals surface area contributed by atoms with Gasteiger partial charge in [0.2, 0.25) is 0 Å². The molecule has 0 atom stereocenters. The van der Waals surface area contributed by atoms with Crippen molar-refractivity contribution in [1.29, 1.82) is 0 Å². The summed E-state index contributed by atoms with van der Waals surface area (Å²) in [4.78, 5) is 3.58. The van der Waals surface area contributed by atoms with Gasteiger partial charge in [-0.3, -0.25) is 0 Å². The predicted octanol–water partition coefficient (Wildman–Crippen LogP) is 25.3. The number of fused-ring (bicyclic) bond motifs is 15. The maximum absolute atomic E-state index is 7.37. The van der Waals surface area contributed by atoms with E-state index in [1.54, 1.807) is 0 Å². The molecule has 5 aromatic heterocycles. The number of para-hydroxylation sites is 4. The van der Waals surface area contributed by atoms with E-state index in [1.165, 1.54) is 147 Å². The van der Waals surface area contributed by atoms with E-state index in [-0.39, 0.29) is 0 Å². The van der Waals surface area contributed by atoms with Crippen molar-refractivity contribution in [1.82, 2.24) is 18.3 Å². The Hall–Kier alpha value is -12.8. The predicted molar refractivity (Wildman–Crippen MR) is 411 cm³/mol. The van der Waals surface area contributed by atoms with Crippen LogP contribution in [0.2, 0.25) is 0 Å². The number of hydrogen-bond donors (Lipinski definition) is 0. The largest absolute Gasteiger partial charge is 0.309 e. The second-order valence-corrected chi connectivity index (χ2v) is 26.1. The Morgan fingerprint density at radius 1 is 0.216 bits per heavy atom. The van der Waals surface area contributed by atoms with Crippen LogP contribution >= 0.6 is 11.3 Å². The second kappa shape index (κ2) is 22.8. The zero-order valence-corrected chi connectivity index (χ0v) is 53.4. The van der Waals surface area contributed by atoms with Crippen LogP contribution in [0.25, 0.3) is 179 Å². The lowest BCUT2D eigenvalue weighted by molar-refractivity contribution is 1.18. The smallest absolute Gasteiger partial charge is 0.187 e. The van der Waals surface area contributed by atoms with Crippen LogP contribution < -0.4 is 0 Å². The van der Waals surface area contributed by atoms with Gasteiger partial charge in [0.1, 0.15) is 0 Å². The number of rotatable bonds is 8. The van der Waals surface area contributed by atoms with Gasteiger partial charge < -0.3 is 18.3 Å². The number of hydrogen-bond acceptors (Lipinski definition) is 1. The van der Waals surface area contributed by atoms with Crippen LogP contribution in [0.15, 0.2) is 346 Å².